The predicted octanol–water partition coefficient (Wildman–Crippen LogP) is 3.82. The van der Waals surface area contributed by atoms with Gasteiger partial charge >= 0.3 is 0 Å². The zero-order chi connectivity index (χ0) is 22.4. The molecule has 0 saturated carbocycles. The largest absolute Gasteiger partial charge is 0.493 e. The van der Waals surface area contributed by atoms with E-state index in [4.69, 9.17) is 4.74 Å². The van der Waals surface area contributed by atoms with E-state index in [1.54, 1.807) is 12.1 Å². The fourth-order valence-corrected chi connectivity index (χ4v) is 3.73. The van der Waals surface area contributed by atoms with Crippen LogP contribution in [0.2, 0.25) is 0 Å². The Bertz CT molecular complexity index is 876. The molecule has 3 rings (SSSR count). The van der Waals surface area contributed by atoms with Crippen LogP contribution in [0.15, 0.2) is 48.5 Å². The highest BCUT2D eigenvalue weighted by molar-refractivity contribution is 5.95. The van der Waals surface area contributed by atoms with Gasteiger partial charge in [-0.2, -0.15) is 0 Å². The van der Waals surface area contributed by atoms with Crippen LogP contribution in [0, 0.1) is 5.92 Å². The molecular weight excluding hydrogens is 390 g/mol. The molecule has 0 unspecified atom stereocenters. The standard InChI is InChI=1S/C25H33N3O3/c1-18(2)26-24(29)20-9-13-23(14-10-20)31-17-19-6-5-15-28(16-19)25(30)21-7-11-22(12-8-21)27(3)4/h7-14,18-19H,5-6,15-17H2,1-4H3,(H,26,29)/t19-/m0/s1. The molecule has 0 radical (unpaired) electrons. The number of rotatable bonds is 7. The van der Waals surface area contributed by atoms with Gasteiger partial charge in [-0.1, -0.05) is 0 Å². The minimum atomic E-state index is -0.0819. The lowest BCUT2D eigenvalue weighted by molar-refractivity contribution is 0.0633. The molecule has 1 atom stereocenters. The summed E-state index contributed by atoms with van der Waals surface area (Å²) >= 11 is 0. The number of ether oxygens (including phenoxy) is 1. The highest BCUT2D eigenvalue weighted by Gasteiger charge is 2.25. The third-order valence-corrected chi connectivity index (χ3v) is 5.46. The Hall–Kier alpha value is -3.02. The van der Waals surface area contributed by atoms with Crippen LogP contribution in [0.4, 0.5) is 5.69 Å². The van der Waals surface area contributed by atoms with Crippen LogP contribution >= 0.6 is 0 Å². The summed E-state index contributed by atoms with van der Waals surface area (Å²) < 4.78 is 5.96. The summed E-state index contributed by atoms with van der Waals surface area (Å²) in [6.45, 7) is 5.91. The van der Waals surface area contributed by atoms with Gasteiger partial charge in [0.15, 0.2) is 0 Å². The van der Waals surface area contributed by atoms with Crippen molar-refractivity contribution in [1.82, 2.24) is 10.2 Å². The van der Waals surface area contributed by atoms with Gasteiger partial charge in [0.1, 0.15) is 5.75 Å². The van der Waals surface area contributed by atoms with E-state index in [2.05, 4.69) is 5.32 Å². The van der Waals surface area contributed by atoms with Crippen LogP contribution in [0.3, 0.4) is 0 Å². The van der Waals surface area contributed by atoms with E-state index in [9.17, 15) is 9.59 Å². The number of hydrogen-bond acceptors (Lipinski definition) is 4. The topological polar surface area (TPSA) is 61.9 Å². The number of carbonyl (C=O) groups is 2. The molecule has 0 aliphatic carbocycles. The van der Waals surface area contributed by atoms with Crippen LogP contribution < -0.4 is 15.0 Å². The fraction of sp³-hybridized carbons (Fsp3) is 0.440. The number of piperidine rings is 1. The quantitative estimate of drug-likeness (QED) is 0.735. The van der Waals surface area contributed by atoms with Crippen molar-refractivity contribution in [2.24, 2.45) is 5.92 Å². The molecule has 0 spiro atoms. The van der Waals surface area contributed by atoms with Gasteiger partial charge in [0.2, 0.25) is 0 Å². The van der Waals surface area contributed by atoms with Crippen molar-refractivity contribution >= 4 is 17.5 Å². The van der Waals surface area contributed by atoms with Gasteiger partial charge in [-0.15, -0.1) is 0 Å². The van der Waals surface area contributed by atoms with E-state index in [1.807, 2.05) is 74.1 Å². The summed E-state index contributed by atoms with van der Waals surface area (Å²) in [7, 11) is 3.97. The summed E-state index contributed by atoms with van der Waals surface area (Å²) in [5, 5.41) is 2.88. The van der Waals surface area contributed by atoms with Crippen molar-refractivity contribution in [3.63, 3.8) is 0 Å². The fourth-order valence-electron chi connectivity index (χ4n) is 3.73. The van der Waals surface area contributed by atoms with Gasteiger partial charge in [0.25, 0.3) is 11.8 Å². The van der Waals surface area contributed by atoms with Crippen LogP contribution in [0.1, 0.15) is 47.4 Å². The van der Waals surface area contributed by atoms with E-state index < -0.39 is 0 Å². The molecule has 6 heteroatoms. The Morgan fingerprint density at radius 2 is 1.71 bits per heavy atom. The van der Waals surface area contributed by atoms with Gasteiger partial charge in [-0.25, -0.2) is 0 Å². The maximum Gasteiger partial charge on any atom is 0.253 e. The van der Waals surface area contributed by atoms with Gasteiger partial charge < -0.3 is 19.9 Å². The average molecular weight is 424 g/mol. The predicted molar refractivity (Wildman–Crippen MR) is 124 cm³/mol. The minimum Gasteiger partial charge on any atom is -0.493 e. The van der Waals surface area contributed by atoms with Crippen molar-refractivity contribution in [2.45, 2.75) is 32.7 Å². The maximum atomic E-state index is 12.9. The minimum absolute atomic E-state index is 0.0792. The zero-order valence-corrected chi connectivity index (χ0v) is 18.9. The van der Waals surface area contributed by atoms with Crippen LogP contribution in [-0.2, 0) is 0 Å². The van der Waals surface area contributed by atoms with Crippen molar-refractivity contribution in [3.05, 3.63) is 59.7 Å². The highest BCUT2D eigenvalue weighted by atomic mass is 16.5. The maximum absolute atomic E-state index is 12.9. The second-order valence-corrected chi connectivity index (χ2v) is 8.66. The molecule has 166 valence electrons. The number of anilines is 1. The molecule has 0 bridgehead atoms. The third kappa shape index (κ3) is 6.23. The number of nitrogens with zero attached hydrogens (tertiary/aromatic N) is 2. The molecule has 1 saturated heterocycles. The number of benzene rings is 2. The first-order valence-electron chi connectivity index (χ1n) is 10.9. The molecule has 6 nitrogen and oxygen atoms in total. The van der Waals surface area contributed by atoms with Gasteiger partial charge in [-0.3, -0.25) is 9.59 Å². The first kappa shape index (κ1) is 22.7. The molecule has 2 aromatic carbocycles. The first-order valence-corrected chi connectivity index (χ1v) is 10.9. The zero-order valence-electron chi connectivity index (χ0n) is 18.9. The molecule has 0 aromatic heterocycles. The Morgan fingerprint density at radius 3 is 2.32 bits per heavy atom. The first-order chi connectivity index (χ1) is 14.8. The summed E-state index contributed by atoms with van der Waals surface area (Å²) in [5.74, 6) is 1.03. The number of likely N-dealkylation sites (tertiary alicyclic amines) is 1. The van der Waals surface area contributed by atoms with Crippen LogP contribution in [0.25, 0.3) is 0 Å². The van der Waals surface area contributed by atoms with Crippen molar-refractivity contribution in [2.75, 3.05) is 38.7 Å². The summed E-state index contributed by atoms with van der Waals surface area (Å²) in [6, 6.07) is 15.1. The smallest absolute Gasteiger partial charge is 0.253 e. The summed E-state index contributed by atoms with van der Waals surface area (Å²) in [4.78, 5) is 28.9. The molecule has 31 heavy (non-hydrogen) atoms. The molecule has 1 aliphatic rings. The van der Waals surface area contributed by atoms with Gasteiger partial charge in [-0.05, 0) is 75.2 Å². The Labute approximate surface area is 185 Å². The van der Waals surface area contributed by atoms with Crippen molar-refractivity contribution in [1.29, 1.82) is 0 Å². The van der Waals surface area contributed by atoms with Gasteiger partial charge in [0.05, 0.1) is 6.61 Å². The normalized spacial score (nSPS) is 16.2. The van der Waals surface area contributed by atoms with E-state index in [0.717, 1.165) is 36.4 Å². The van der Waals surface area contributed by atoms with E-state index >= 15 is 0 Å². The molecule has 1 aliphatic heterocycles. The van der Waals surface area contributed by atoms with E-state index in [1.165, 1.54) is 0 Å². The Morgan fingerprint density at radius 1 is 1.06 bits per heavy atom. The molecule has 1 fully saturated rings. The van der Waals surface area contributed by atoms with Crippen molar-refractivity contribution in [3.8, 4) is 5.75 Å². The average Bonchev–Trinajstić information content (AvgIpc) is 2.77. The number of hydrogen-bond donors (Lipinski definition) is 1. The molecule has 1 heterocycles. The monoisotopic (exact) mass is 423 g/mol. The number of amides is 2. The lowest BCUT2D eigenvalue weighted by Gasteiger charge is -2.32. The lowest BCUT2D eigenvalue weighted by Crippen LogP contribution is -2.41. The second-order valence-electron chi connectivity index (χ2n) is 8.66. The summed E-state index contributed by atoms with van der Waals surface area (Å²) in [6.07, 6.45) is 2.02. The number of carbonyl (C=O) groups excluding carboxylic acids is 2. The Balaban J connectivity index is 1.52. The van der Waals surface area contributed by atoms with Crippen LogP contribution in [0.5, 0.6) is 5.75 Å². The second kappa shape index (κ2) is 10.3. The third-order valence-electron chi connectivity index (χ3n) is 5.46. The van der Waals surface area contributed by atoms with Crippen molar-refractivity contribution < 1.29 is 14.3 Å². The SMILES string of the molecule is CC(C)NC(=O)c1ccc(OC[C@H]2CCCN(C(=O)c3ccc(N(C)C)cc3)C2)cc1. The van der Waals surface area contributed by atoms with E-state index in [0.29, 0.717) is 24.6 Å². The van der Waals surface area contributed by atoms with Gasteiger partial charge in [0, 0.05) is 56.0 Å². The Kier molecular flexibility index (Phi) is 7.55. The lowest BCUT2D eigenvalue weighted by atomic mass is 9.98. The number of nitrogens with one attached hydrogen (secondary N) is 1. The molecular formula is C25H33N3O3. The molecule has 1 N–H and O–H groups in total. The van der Waals surface area contributed by atoms with Crippen LogP contribution in [-0.4, -0.2) is 56.5 Å². The van der Waals surface area contributed by atoms with E-state index in [-0.39, 0.29) is 17.9 Å². The highest BCUT2D eigenvalue weighted by Crippen LogP contribution is 2.22. The molecule has 2 aromatic rings. The summed E-state index contributed by atoms with van der Waals surface area (Å²) in [5.41, 5.74) is 2.42. The molecule has 2 amide bonds.